The zero-order valence-corrected chi connectivity index (χ0v) is 13.0. The van der Waals surface area contributed by atoms with Crippen LogP contribution in [0.25, 0.3) is 10.9 Å². The monoisotopic (exact) mass is 338 g/mol. The molecule has 1 N–H and O–H groups in total. The van der Waals surface area contributed by atoms with Gasteiger partial charge in [-0.25, -0.2) is 0 Å². The van der Waals surface area contributed by atoms with E-state index in [0.29, 0.717) is 21.7 Å². The van der Waals surface area contributed by atoms with E-state index in [1.807, 2.05) is 0 Å². The molecule has 0 aliphatic heterocycles. The zero-order chi connectivity index (χ0) is 15.7. The van der Waals surface area contributed by atoms with Crippen LogP contribution in [0.2, 0.25) is 5.02 Å². The van der Waals surface area contributed by atoms with E-state index in [1.165, 1.54) is 31.4 Å². The Balaban J connectivity index is 2.00. The molecule has 0 fully saturated rings. The minimum atomic E-state index is -3.99. The molecular formula is C14H11ClN2O4S. The first kappa shape index (κ1) is 14.7. The highest BCUT2D eigenvalue weighted by Gasteiger charge is 2.20. The summed E-state index contributed by atoms with van der Waals surface area (Å²) in [6.45, 7) is 0. The molecule has 3 aromatic rings. The summed E-state index contributed by atoms with van der Waals surface area (Å²) in [7, 11) is -2.47. The summed E-state index contributed by atoms with van der Waals surface area (Å²) < 4.78 is 34.7. The quantitative estimate of drug-likeness (QED) is 0.739. The van der Waals surface area contributed by atoms with Gasteiger partial charge in [-0.05, 0) is 42.5 Å². The fourth-order valence-electron chi connectivity index (χ4n) is 1.91. The van der Waals surface area contributed by atoms with Crippen LogP contribution in [0.4, 0.5) is 0 Å². The fraction of sp³-hybridized carbons (Fsp3) is 0.0714. The second kappa shape index (κ2) is 5.51. The smallest absolute Gasteiger partial charge is 0.340 e. The molecule has 0 amide bonds. The third-order valence-corrected chi connectivity index (χ3v) is 4.50. The van der Waals surface area contributed by atoms with Crippen LogP contribution in [0.3, 0.4) is 0 Å². The predicted octanol–water partition coefficient (Wildman–Crippen LogP) is 2.99. The van der Waals surface area contributed by atoms with E-state index in [0.717, 1.165) is 0 Å². The molecular weight excluding hydrogens is 328 g/mol. The first-order valence-electron chi connectivity index (χ1n) is 6.22. The predicted molar refractivity (Wildman–Crippen MR) is 81.9 cm³/mol. The van der Waals surface area contributed by atoms with Gasteiger partial charge in [0, 0.05) is 5.02 Å². The molecule has 0 unspecified atom stereocenters. The molecule has 1 heterocycles. The van der Waals surface area contributed by atoms with Crippen LogP contribution >= 0.6 is 11.6 Å². The van der Waals surface area contributed by atoms with Crippen LogP contribution in [0.5, 0.6) is 11.6 Å². The summed E-state index contributed by atoms with van der Waals surface area (Å²) in [4.78, 5) is -0.00375. The molecule has 0 aliphatic rings. The summed E-state index contributed by atoms with van der Waals surface area (Å²) in [5.41, 5.74) is 0.641. The van der Waals surface area contributed by atoms with E-state index < -0.39 is 10.1 Å². The number of nitrogens with one attached hydrogen (secondary N) is 1. The van der Waals surface area contributed by atoms with Crippen LogP contribution < -0.4 is 8.92 Å². The standard InChI is InChI=1S/C14H11ClN2O4S/c1-20-10-4-7-13-12(8-10)14(17-16-13)21-22(18,19)11-5-2-9(15)3-6-11/h2-8H,1H3,(H,16,17). The van der Waals surface area contributed by atoms with Crippen LogP contribution in [-0.2, 0) is 10.1 Å². The van der Waals surface area contributed by atoms with Gasteiger partial charge in [-0.1, -0.05) is 11.6 Å². The van der Waals surface area contributed by atoms with Gasteiger partial charge < -0.3 is 8.92 Å². The number of rotatable bonds is 4. The van der Waals surface area contributed by atoms with Crippen LogP contribution in [0, 0.1) is 0 Å². The second-order valence-electron chi connectivity index (χ2n) is 4.43. The van der Waals surface area contributed by atoms with Crippen molar-refractivity contribution in [1.82, 2.24) is 10.2 Å². The Hall–Kier alpha value is -2.25. The van der Waals surface area contributed by atoms with Gasteiger partial charge in [0.05, 0.1) is 18.0 Å². The molecule has 0 bridgehead atoms. The molecule has 2 aromatic carbocycles. The van der Waals surface area contributed by atoms with Crippen molar-refractivity contribution in [2.45, 2.75) is 4.90 Å². The Morgan fingerprint density at radius 3 is 2.55 bits per heavy atom. The number of H-pyrrole nitrogens is 1. The van der Waals surface area contributed by atoms with Crippen molar-refractivity contribution in [1.29, 1.82) is 0 Å². The van der Waals surface area contributed by atoms with Gasteiger partial charge in [-0.2, -0.15) is 8.42 Å². The van der Waals surface area contributed by atoms with E-state index in [-0.39, 0.29) is 10.8 Å². The lowest BCUT2D eigenvalue weighted by atomic mass is 10.2. The molecule has 0 aliphatic carbocycles. The van der Waals surface area contributed by atoms with Gasteiger partial charge in [-0.15, -0.1) is 5.10 Å². The lowest BCUT2D eigenvalue weighted by Gasteiger charge is -2.05. The number of hydrogen-bond donors (Lipinski definition) is 1. The summed E-state index contributed by atoms with van der Waals surface area (Å²) in [6.07, 6.45) is 0. The van der Waals surface area contributed by atoms with E-state index in [2.05, 4.69) is 10.2 Å². The number of hydrogen-bond acceptors (Lipinski definition) is 5. The van der Waals surface area contributed by atoms with Crippen molar-refractivity contribution in [3.8, 4) is 11.6 Å². The first-order chi connectivity index (χ1) is 10.5. The molecule has 1 aromatic heterocycles. The average molecular weight is 339 g/mol. The van der Waals surface area contributed by atoms with Crippen molar-refractivity contribution in [3.63, 3.8) is 0 Å². The topological polar surface area (TPSA) is 81.3 Å². The highest BCUT2D eigenvalue weighted by Crippen LogP contribution is 2.29. The van der Waals surface area contributed by atoms with Gasteiger partial charge in [0.1, 0.15) is 10.6 Å². The third-order valence-electron chi connectivity index (χ3n) is 3.03. The SMILES string of the molecule is COc1ccc2[nH]nc(OS(=O)(=O)c3ccc(Cl)cc3)c2c1. The Labute approximate surface area is 131 Å². The van der Waals surface area contributed by atoms with Crippen molar-refractivity contribution >= 4 is 32.6 Å². The Bertz CT molecular complexity index is 920. The zero-order valence-electron chi connectivity index (χ0n) is 11.4. The van der Waals surface area contributed by atoms with Gasteiger partial charge in [0.15, 0.2) is 0 Å². The van der Waals surface area contributed by atoms with Gasteiger partial charge in [0.2, 0.25) is 0 Å². The number of halogens is 1. The van der Waals surface area contributed by atoms with E-state index in [1.54, 1.807) is 18.2 Å². The van der Waals surface area contributed by atoms with Gasteiger partial charge in [0.25, 0.3) is 5.88 Å². The molecule has 114 valence electrons. The Morgan fingerprint density at radius 2 is 1.86 bits per heavy atom. The normalized spacial score (nSPS) is 11.5. The highest BCUT2D eigenvalue weighted by molar-refractivity contribution is 7.87. The number of benzene rings is 2. The Kier molecular flexibility index (Phi) is 3.67. The minimum absolute atomic E-state index is 0.00375. The van der Waals surface area contributed by atoms with E-state index >= 15 is 0 Å². The third kappa shape index (κ3) is 2.72. The molecule has 0 saturated carbocycles. The average Bonchev–Trinajstić information content (AvgIpc) is 2.89. The fourth-order valence-corrected chi connectivity index (χ4v) is 2.94. The second-order valence-corrected chi connectivity index (χ2v) is 6.41. The molecule has 0 radical (unpaired) electrons. The number of aromatic amines is 1. The molecule has 0 spiro atoms. The molecule has 6 nitrogen and oxygen atoms in total. The lowest BCUT2D eigenvalue weighted by Crippen LogP contribution is -2.10. The summed E-state index contributed by atoms with van der Waals surface area (Å²) >= 11 is 5.75. The molecule has 0 saturated heterocycles. The van der Waals surface area contributed by atoms with E-state index in [4.69, 9.17) is 20.5 Å². The number of methoxy groups -OCH3 is 1. The number of nitrogens with zero attached hydrogens (tertiary/aromatic N) is 1. The van der Waals surface area contributed by atoms with Crippen molar-refractivity contribution in [2.24, 2.45) is 0 Å². The maximum absolute atomic E-state index is 12.3. The number of fused-ring (bicyclic) bond motifs is 1. The summed E-state index contributed by atoms with van der Waals surface area (Å²) in [6, 6.07) is 10.8. The summed E-state index contributed by atoms with van der Waals surface area (Å²) in [5, 5.41) is 7.55. The maximum Gasteiger partial charge on any atom is 0.340 e. The number of ether oxygens (including phenoxy) is 1. The summed E-state index contributed by atoms with van der Waals surface area (Å²) in [5.74, 6) is 0.534. The first-order valence-corrected chi connectivity index (χ1v) is 8.00. The van der Waals surface area contributed by atoms with Crippen molar-refractivity contribution in [3.05, 3.63) is 47.5 Å². The van der Waals surface area contributed by atoms with E-state index in [9.17, 15) is 8.42 Å². The minimum Gasteiger partial charge on any atom is -0.497 e. The molecule has 8 heteroatoms. The van der Waals surface area contributed by atoms with Crippen LogP contribution in [0.15, 0.2) is 47.4 Å². The van der Waals surface area contributed by atoms with Gasteiger partial charge in [-0.3, -0.25) is 5.10 Å². The largest absolute Gasteiger partial charge is 0.497 e. The molecule has 22 heavy (non-hydrogen) atoms. The van der Waals surface area contributed by atoms with Crippen molar-refractivity contribution in [2.75, 3.05) is 7.11 Å². The maximum atomic E-state index is 12.3. The van der Waals surface area contributed by atoms with Crippen LogP contribution in [-0.4, -0.2) is 25.7 Å². The van der Waals surface area contributed by atoms with Gasteiger partial charge >= 0.3 is 10.1 Å². The Morgan fingerprint density at radius 1 is 1.14 bits per heavy atom. The van der Waals surface area contributed by atoms with Crippen LogP contribution in [0.1, 0.15) is 0 Å². The molecule has 0 atom stereocenters. The molecule has 3 rings (SSSR count). The lowest BCUT2D eigenvalue weighted by molar-refractivity contribution is 0.415. The van der Waals surface area contributed by atoms with Crippen molar-refractivity contribution < 1.29 is 17.3 Å². The highest BCUT2D eigenvalue weighted by atomic mass is 35.5. The number of aromatic nitrogens is 2.